The summed E-state index contributed by atoms with van der Waals surface area (Å²) < 4.78 is 2.01. The first-order valence-electron chi connectivity index (χ1n) is 6.30. The Labute approximate surface area is 122 Å². The molecule has 0 spiro atoms. The van der Waals surface area contributed by atoms with Crippen molar-refractivity contribution in [2.75, 3.05) is 5.73 Å². The van der Waals surface area contributed by atoms with Gasteiger partial charge in [-0.25, -0.2) is 4.98 Å². The zero-order chi connectivity index (χ0) is 14.1. The molecule has 3 aromatic rings. The number of imidazole rings is 1. The number of halogens is 1. The molecule has 3 nitrogen and oxygen atoms in total. The van der Waals surface area contributed by atoms with Gasteiger partial charge in [-0.1, -0.05) is 23.7 Å². The van der Waals surface area contributed by atoms with Crippen LogP contribution in [0.1, 0.15) is 5.56 Å². The van der Waals surface area contributed by atoms with E-state index in [2.05, 4.69) is 4.98 Å². The zero-order valence-corrected chi connectivity index (χ0v) is 11.8. The predicted molar refractivity (Wildman–Crippen MR) is 83.2 cm³/mol. The number of aryl methyl sites for hydroxylation is 1. The van der Waals surface area contributed by atoms with E-state index in [-0.39, 0.29) is 0 Å². The third-order valence-corrected chi connectivity index (χ3v) is 3.68. The van der Waals surface area contributed by atoms with E-state index in [4.69, 9.17) is 17.3 Å². The molecule has 0 aliphatic heterocycles. The molecule has 0 amide bonds. The number of benzene rings is 2. The van der Waals surface area contributed by atoms with E-state index < -0.39 is 0 Å². The first-order chi connectivity index (χ1) is 9.65. The summed E-state index contributed by atoms with van der Waals surface area (Å²) in [5.74, 6) is 0. The Hall–Kier alpha value is -2.26. The lowest BCUT2D eigenvalue weighted by atomic mass is 10.1. The van der Waals surface area contributed by atoms with Crippen molar-refractivity contribution in [2.45, 2.75) is 6.92 Å². The SMILES string of the molecule is Cc1ccc(-c2cncn2-c2ccc(N)cc2)cc1Cl. The van der Waals surface area contributed by atoms with Crippen LogP contribution >= 0.6 is 11.6 Å². The molecule has 0 aliphatic rings. The van der Waals surface area contributed by atoms with Crippen LogP contribution in [0.5, 0.6) is 0 Å². The van der Waals surface area contributed by atoms with Crippen LogP contribution in [0.2, 0.25) is 5.02 Å². The van der Waals surface area contributed by atoms with E-state index in [1.54, 1.807) is 6.33 Å². The van der Waals surface area contributed by atoms with Gasteiger partial charge in [0.2, 0.25) is 0 Å². The highest BCUT2D eigenvalue weighted by molar-refractivity contribution is 6.31. The first-order valence-corrected chi connectivity index (χ1v) is 6.68. The molecule has 0 atom stereocenters. The average Bonchev–Trinajstić information content (AvgIpc) is 2.92. The summed E-state index contributed by atoms with van der Waals surface area (Å²) in [6.45, 7) is 1.99. The maximum absolute atomic E-state index is 6.20. The van der Waals surface area contributed by atoms with Crippen molar-refractivity contribution >= 4 is 17.3 Å². The van der Waals surface area contributed by atoms with Crippen molar-refractivity contribution in [3.8, 4) is 16.9 Å². The lowest BCUT2D eigenvalue weighted by Crippen LogP contribution is -1.96. The quantitative estimate of drug-likeness (QED) is 0.720. The van der Waals surface area contributed by atoms with E-state index in [0.29, 0.717) is 0 Å². The lowest BCUT2D eigenvalue weighted by molar-refractivity contribution is 1.06. The van der Waals surface area contributed by atoms with Crippen molar-refractivity contribution in [1.29, 1.82) is 0 Å². The van der Waals surface area contributed by atoms with Gasteiger partial charge < -0.3 is 5.73 Å². The highest BCUT2D eigenvalue weighted by Crippen LogP contribution is 2.27. The minimum atomic E-state index is 0.744. The number of anilines is 1. The molecule has 0 unspecified atom stereocenters. The fourth-order valence-corrected chi connectivity index (χ4v) is 2.28. The van der Waals surface area contributed by atoms with E-state index in [0.717, 1.165) is 33.2 Å². The summed E-state index contributed by atoms with van der Waals surface area (Å²) in [5.41, 5.74) is 10.6. The number of nitrogens with two attached hydrogens (primary N) is 1. The third-order valence-electron chi connectivity index (χ3n) is 3.28. The molecule has 1 heterocycles. The summed E-state index contributed by atoms with van der Waals surface area (Å²) in [4.78, 5) is 4.24. The average molecular weight is 284 g/mol. The molecule has 0 aliphatic carbocycles. The standard InChI is InChI=1S/C16H14ClN3/c1-11-2-3-12(8-15(11)17)16-9-19-10-20(16)14-6-4-13(18)5-7-14/h2-10H,18H2,1H3. The summed E-state index contributed by atoms with van der Waals surface area (Å²) >= 11 is 6.20. The van der Waals surface area contributed by atoms with Gasteiger partial charge in [0.15, 0.2) is 0 Å². The Morgan fingerprint density at radius 1 is 1.10 bits per heavy atom. The molecule has 2 aromatic carbocycles. The van der Waals surface area contributed by atoms with Gasteiger partial charge in [-0.3, -0.25) is 4.57 Å². The van der Waals surface area contributed by atoms with Gasteiger partial charge in [0, 0.05) is 22.0 Å². The van der Waals surface area contributed by atoms with Crippen LogP contribution in [-0.2, 0) is 0 Å². The van der Waals surface area contributed by atoms with Gasteiger partial charge in [-0.2, -0.15) is 0 Å². The molecule has 0 saturated heterocycles. The summed E-state index contributed by atoms with van der Waals surface area (Å²) in [6.07, 6.45) is 3.62. The second-order valence-corrected chi connectivity index (χ2v) is 5.11. The van der Waals surface area contributed by atoms with Crippen molar-refractivity contribution in [3.63, 3.8) is 0 Å². The van der Waals surface area contributed by atoms with Crippen molar-refractivity contribution in [2.24, 2.45) is 0 Å². The first kappa shape index (κ1) is 12.8. The molecule has 0 radical (unpaired) electrons. The topological polar surface area (TPSA) is 43.8 Å². The van der Waals surface area contributed by atoms with Gasteiger partial charge in [-0.05, 0) is 42.8 Å². The highest BCUT2D eigenvalue weighted by atomic mass is 35.5. The van der Waals surface area contributed by atoms with E-state index in [9.17, 15) is 0 Å². The molecular weight excluding hydrogens is 270 g/mol. The van der Waals surface area contributed by atoms with Crippen LogP contribution in [0, 0.1) is 6.92 Å². The molecule has 0 bridgehead atoms. The van der Waals surface area contributed by atoms with Crippen LogP contribution in [0.25, 0.3) is 16.9 Å². The predicted octanol–water partition coefficient (Wildman–Crippen LogP) is 4.08. The van der Waals surface area contributed by atoms with Crippen molar-refractivity contribution in [1.82, 2.24) is 9.55 Å². The summed E-state index contributed by atoms with van der Waals surface area (Å²) in [5, 5.41) is 0.757. The Bertz CT molecular complexity index is 745. The number of hydrogen-bond acceptors (Lipinski definition) is 2. The second kappa shape index (κ2) is 5.02. The fourth-order valence-electron chi connectivity index (χ4n) is 2.10. The summed E-state index contributed by atoms with van der Waals surface area (Å²) in [7, 11) is 0. The molecule has 0 fully saturated rings. The Balaban J connectivity index is 2.10. The maximum atomic E-state index is 6.20. The molecule has 20 heavy (non-hydrogen) atoms. The maximum Gasteiger partial charge on any atom is 0.0997 e. The van der Waals surface area contributed by atoms with Gasteiger partial charge in [-0.15, -0.1) is 0 Å². The fraction of sp³-hybridized carbons (Fsp3) is 0.0625. The monoisotopic (exact) mass is 283 g/mol. The summed E-state index contributed by atoms with van der Waals surface area (Å²) in [6, 6.07) is 13.7. The molecule has 0 saturated carbocycles. The Kier molecular flexibility index (Phi) is 3.20. The molecule has 1 aromatic heterocycles. The third kappa shape index (κ3) is 2.28. The van der Waals surface area contributed by atoms with E-state index >= 15 is 0 Å². The van der Waals surface area contributed by atoms with Gasteiger partial charge in [0.05, 0.1) is 18.2 Å². The lowest BCUT2D eigenvalue weighted by Gasteiger charge is -2.09. The van der Waals surface area contributed by atoms with Crippen LogP contribution in [0.3, 0.4) is 0 Å². The van der Waals surface area contributed by atoms with E-state index in [1.807, 2.05) is 60.2 Å². The minimum Gasteiger partial charge on any atom is -0.399 e. The van der Waals surface area contributed by atoms with E-state index in [1.165, 1.54) is 0 Å². The number of hydrogen-bond donors (Lipinski definition) is 1. The second-order valence-electron chi connectivity index (χ2n) is 4.70. The largest absolute Gasteiger partial charge is 0.399 e. The smallest absolute Gasteiger partial charge is 0.0997 e. The van der Waals surface area contributed by atoms with Gasteiger partial charge in [0.25, 0.3) is 0 Å². The number of aromatic nitrogens is 2. The van der Waals surface area contributed by atoms with Crippen LogP contribution in [-0.4, -0.2) is 9.55 Å². The van der Waals surface area contributed by atoms with Crippen LogP contribution in [0.4, 0.5) is 5.69 Å². The number of nitrogen functional groups attached to an aromatic ring is 1. The van der Waals surface area contributed by atoms with Crippen LogP contribution < -0.4 is 5.73 Å². The minimum absolute atomic E-state index is 0.744. The van der Waals surface area contributed by atoms with Crippen molar-refractivity contribution < 1.29 is 0 Å². The van der Waals surface area contributed by atoms with Gasteiger partial charge >= 0.3 is 0 Å². The normalized spacial score (nSPS) is 10.7. The Morgan fingerprint density at radius 3 is 2.55 bits per heavy atom. The molecular formula is C16H14ClN3. The molecule has 2 N–H and O–H groups in total. The highest BCUT2D eigenvalue weighted by Gasteiger charge is 2.08. The molecule has 100 valence electrons. The van der Waals surface area contributed by atoms with Gasteiger partial charge in [0.1, 0.15) is 0 Å². The number of nitrogens with zero attached hydrogens (tertiary/aromatic N) is 2. The number of rotatable bonds is 2. The molecule has 3 rings (SSSR count). The zero-order valence-electron chi connectivity index (χ0n) is 11.0. The van der Waals surface area contributed by atoms with Crippen LogP contribution in [0.15, 0.2) is 55.0 Å². The Morgan fingerprint density at radius 2 is 1.85 bits per heavy atom. The molecule has 4 heteroatoms. The van der Waals surface area contributed by atoms with Crippen molar-refractivity contribution in [3.05, 3.63) is 65.6 Å².